The summed E-state index contributed by atoms with van der Waals surface area (Å²) in [5.74, 6) is -1.21. The Balaban J connectivity index is 2.09. The van der Waals surface area contributed by atoms with Gasteiger partial charge in [-0.1, -0.05) is 0 Å². The number of anilines is 3. The molecule has 3 heterocycles. The van der Waals surface area contributed by atoms with E-state index >= 15 is 0 Å². The van der Waals surface area contributed by atoms with E-state index in [0.717, 1.165) is 4.90 Å². The highest BCUT2D eigenvalue weighted by atomic mass is 16.1. The monoisotopic (exact) mass is 275 g/mol. The van der Waals surface area contributed by atoms with E-state index in [9.17, 15) is 4.79 Å². The molecule has 0 radical (unpaired) electrons. The Bertz CT molecular complexity index is 1040. The average Bonchev–Trinajstić information content (AvgIpc) is 3.04. The van der Waals surface area contributed by atoms with Crippen molar-refractivity contribution in [3.05, 3.63) is 41.7 Å². The second-order valence-corrected chi connectivity index (χ2v) is 4.31. The molecule has 0 bridgehead atoms. The highest BCUT2D eigenvalue weighted by Crippen LogP contribution is 2.43. The van der Waals surface area contributed by atoms with Crippen molar-refractivity contribution in [2.45, 2.75) is 25.6 Å². The number of nitrogens with zero attached hydrogens (tertiary/aromatic N) is 3. The van der Waals surface area contributed by atoms with Crippen molar-refractivity contribution in [2.75, 3.05) is 10.2 Å². The van der Waals surface area contributed by atoms with Gasteiger partial charge in [-0.3, -0.25) is 4.79 Å². The van der Waals surface area contributed by atoms with Gasteiger partial charge >= 0.3 is 0 Å². The molecule has 0 atom stereocenters. The number of carbonyl (C=O) groups excluding carboxylic acids is 1. The number of pyridine rings is 2. The smallest absolute Gasteiger partial charge is 0.259 e. The Morgan fingerprint density at radius 2 is 2.40 bits per heavy atom. The lowest BCUT2D eigenvalue weighted by Gasteiger charge is -2.23. The Morgan fingerprint density at radius 3 is 3.20 bits per heavy atom. The topological polar surface area (TPSA) is 58.1 Å². The summed E-state index contributed by atoms with van der Waals surface area (Å²) in [5, 5.41) is 2.40. The van der Waals surface area contributed by atoms with Crippen LogP contribution in [0.1, 0.15) is 41.0 Å². The number of fused-ring (bicyclic) bond motifs is 2. The fourth-order valence-electron chi connectivity index (χ4n) is 2.12. The molecule has 1 amide bonds. The van der Waals surface area contributed by atoms with Crippen molar-refractivity contribution in [3.63, 3.8) is 0 Å². The third kappa shape index (κ3) is 1.59. The Labute approximate surface area is 129 Å². The van der Waals surface area contributed by atoms with Crippen molar-refractivity contribution in [2.24, 2.45) is 0 Å². The minimum atomic E-state index is -2.88. The third-order valence-electron chi connectivity index (χ3n) is 3.07. The van der Waals surface area contributed by atoms with Gasteiger partial charge in [0, 0.05) is 28.0 Å². The van der Waals surface area contributed by atoms with E-state index < -0.39 is 49.3 Å². The maximum atomic E-state index is 12.8. The quantitative estimate of drug-likeness (QED) is 0.869. The number of rotatable bonds is 1. The van der Waals surface area contributed by atoms with Gasteiger partial charge in [-0.15, -0.1) is 0 Å². The average molecular weight is 275 g/mol. The molecule has 5 heteroatoms. The van der Waals surface area contributed by atoms with Crippen LogP contribution in [0.15, 0.2) is 30.5 Å². The van der Waals surface area contributed by atoms with Gasteiger partial charge in [-0.2, -0.15) is 0 Å². The van der Waals surface area contributed by atoms with Crippen molar-refractivity contribution >= 4 is 23.2 Å². The number of carbonyl (C=O) groups is 1. The summed E-state index contributed by atoms with van der Waals surface area (Å²) >= 11 is 0. The zero-order valence-corrected chi connectivity index (χ0v) is 10.1. The van der Waals surface area contributed by atoms with Gasteiger partial charge in [-0.25, -0.2) is 9.97 Å². The fourth-order valence-corrected chi connectivity index (χ4v) is 2.12. The molecule has 1 N–H and O–H groups in total. The summed E-state index contributed by atoms with van der Waals surface area (Å²) < 4.78 is 71.3. The van der Waals surface area contributed by atoms with Crippen LogP contribution in [0.2, 0.25) is 0 Å². The van der Waals surface area contributed by atoms with E-state index in [1.165, 1.54) is 18.3 Å². The summed E-state index contributed by atoms with van der Waals surface area (Å²) in [6.45, 7) is -2.88. The van der Waals surface area contributed by atoms with E-state index in [2.05, 4.69) is 15.3 Å². The van der Waals surface area contributed by atoms with E-state index in [4.69, 9.17) is 12.3 Å². The van der Waals surface area contributed by atoms with E-state index in [1.807, 2.05) is 0 Å². The van der Waals surface area contributed by atoms with Crippen molar-refractivity contribution < 1.29 is 17.1 Å². The minimum Gasteiger partial charge on any atom is -0.318 e. The SMILES string of the molecule is [2H]c1nc2c(c(C([2H])([2H])[2H])c1[2H])NC(=O)c1cccnc1N2C1C([2H])([2H])C1([2H])[2H]. The number of hydrogen-bond acceptors (Lipinski definition) is 4. The molecule has 2 aromatic heterocycles. The molecule has 0 saturated heterocycles. The van der Waals surface area contributed by atoms with Crippen molar-refractivity contribution in [3.8, 4) is 0 Å². The Kier molecular flexibility index (Phi) is 1.11. The second-order valence-electron chi connectivity index (χ2n) is 4.31. The fraction of sp³-hybridized carbons (Fsp3) is 0.267. The summed E-state index contributed by atoms with van der Waals surface area (Å²) in [6, 6.07) is 0.655. The highest BCUT2D eigenvalue weighted by molar-refractivity contribution is 6.11. The van der Waals surface area contributed by atoms with E-state index in [1.54, 1.807) is 0 Å². The van der Waals surface area contributed by atoms with Gasteiger partial charge in [0.1, 0.15) is 5.82 Å². The predicted molar refractivity (Wildman–Crippen MR) is 76.3 cm³/mol. The molecule has 0 unspecified atom stereocenters. The highest BCUT2D eigenvalue weighted by Gasteiger charge is 2.37. The van der Waals surface area contributed by atoms with Crippen LogP contribution < -0.4 is 10.2 Å². The van der Waals surface area contributed by atoms with Gasteiger partial charge in [0.05, 0.1) is 14.0 Å². The predicted octanol–water partition coefficient (Wildman–Crippen LogP) is 2.65. The van der Waals surface area contributed by atoms with Crippen LogP contribution in [-0.2, 0) is 0 Å². The van der Waals surface area contributed by atoms with Gasteiger partial charge in [0.2, 0.25) is 0 Å². The first-order chi connectivity index (χ1) is 13.3. The maximum Gasteiger partial charge on any atom is 0.259 e. The molecule has 0 spiro atoms. The molecular formula is C15H14N4O. The first kappa shape index (κ1) is 5.52. The molecule has 2 aromatic rings. The van der Waals surface area contributed by atoms with Crippen LogP contribution in [0.5, 0.6) is 0 Å². The zero-order valence-electron chi connectivity index (χ0n) is 19.1. The van der Waals surface area contributed by atoms with Crippen LogP contribution in [0, 0.1) is 6.85 Å². The molecule has 1 aliphatic heterocycles. The number of amides is 1. The molecule has 5 nitrogen and oxygen atoms in total. The Hall–Kier alpha value is -2.43. The molecule has 1 aliphatic carbocycles. The van der Waals surface area contributed by atoms with Crippen LogP contribution in [0.25, 0.3) is 0 Å². The molecule has 1 fully saturated rings. The molecule has 100 valence electrons. The molecule has 20 heavy (non-hydrogen) atoms. The van der Waals surface area contributed by atoms with Crippen molar-refractivity contribution in [1.29, 1.82) is 0 Å². The second kappa shape index (κ2) is 4.03. The first-order valence-corrected chi connectivity index (χ1v) is 5.87. The van der Waals surface area contributed by atoms with Crippen LogP contribution in [-0.4, -0.2) is 21.9 Å². The molecular weight excluding hydrogens is 252 g/mol. The van der Waals surface area contributed by atoms with Gasteiger partial charge < -0.3 is 10.2 Å². The molecule has 0 aromatic carbocycles. The van der Waals surface area contributed by atoms with Crippen LogP contribution in [0.3, 0.4) is 0 Å². The van der Waals surface area contributed by atoms with Gasteiger partial charge in [0.25, 0.3) is 5.91 Å². The molecule has 2 aliphatic rings. The summed E-state index contributed by atoms with van der Waals surface area (Å²) in [7, 11) is 0. The third-order valence-corrected chi connectivity index (χ3v) is 3.07. The number of aromatic nitrogens is 2. The van der Waals surface area contributed by atoms with Crippen molar-refractivity contribution in [1.82, 2.24) is 9.97 Å². The van der Waals surface area contributed by atoms with E-state index in [0.29, 0.717) is 0 Å². The normalized spacial score (nSPS) is 29.3. The zero-order chi connectivity index (χ0) is 21.5. The van der Waals surface area contributed by atoms with Gasteiger partial charge in [0.15, 0.2) is 5.82 Å². The lowest BCUT2D eigenvalue weighted by molar-refractivity contribution is 0.102. The number of nitrogens with one attached hydrogen (secondary N) is 1. The standard InChI is InChI=1S/C15H14N4O/c1-9-6-8-17-14-12(9)18-15(20)11-3-2-7-16-13(11)19(14)10-4-5-10/h2-3,6-8,10H,4-5H2,1H3,(H,18,20)/i1D3,4D2,5D2,6D,8D. The summed E-state index contributed by atoms with van der Waals surface area (Å²) in [4.78, 5) is 21.8. The van der Waals surface area contributed by atoms with Gasteiger partial charge in [-0.05, 0) is 43.3 Å². The summed E-state index contributed by atoms with van der Waals surface area (Å²) in [5.41, 5.74) is -1.05. The lowest BCUT2D eigenvalue weighted by atomic mass is 10.2. The van der Waals surface area contributed by atoms with E-state index in [-0.39, 0.29) is 22.9 Å². The Morgan fingerprint density at radius 1 is 1.50 bits per heavy atom. The minimum absolute atomic E-state index is 0.0430. The van der Waals surface area contributed by atoms with Crippen LogP contribution >= 0.6 is 0 Å². The first-order valence-electron chi connectivity index (χ1n) is 10.4. The summed E-state index contributed by atoms with van der Waals surface area (Å²) in [6.07, 6.45) is -4.08. The van der Waals surface area contributed by atoms with Crippen LogP contribution in [0.4, 0.5) is 17.3 Å². The number of hydrogen-bond donors (Lipinski definition) is 1. The maximum absolute atomic E-state index is 12.8. The largest absolute Gasteiger partial charge is 0.318 e. The lowest BCUT2D eigenvalue weighted by Crippen LogP contribution is -2.22. The molecule has 1 saturated carbocycles. The molecule has 4 rings (SSSR count).